The van der Waals surface area contributed by atoms with Crippen LogP contribution in [0, 0.1) is 0 Å². The van der Waals surface area contributed by atoms with E-state index in [1.165, 1.54) is 5.01 Å². The Hall–Kier alpha value is -1.93. The molecule has 0 spiro atoms. The number of amides is 2. The van der Waals surface area contributed by atoms with E-state index in [2.05, 4.69) is 15.9 Å². The van der Waals surface area contributed by atoms with Crippen molar-refractivity contribution in [2.24, 2.45) is 0 Å². The van der Waals surface area contributed by atoms with Gasteiger partial charge in [0.05, 0.1) is 6.04 Å². The standard InChI is InChI=1S/C20H20BrClN2O4/c1-12-18(14-6-4-3-5-7-14)28-20(27)24(23(12)2)19(26)16(21)17(25)13-8-10-15(22)11-9-13/h3-12,16-18,25H,1-2H3/t12-,16-,17+,18-/m0/s1. The van der Waals surface area contributed by atoms with Crippen molar-refractivity contribution >= 4 is 39.5 Å². The highest BCUT2D eigenvalue weighted by Gasteiger charge is 2.44. The van der Waals surface area contributed by atoms with E-state index in [0.717, 1.165) is 10.6 Å². The van der Waals surface area contributed by atoms with Gasteiger partial charge in [-0.1, -0.05) is 70.0 Å². The molecule has 0 unspecified atom stereocenters. The van der Waals surface area contributed by atoms with Gasteiger partial charge in [-0.15, -0.1) is 0 Å². The molecular weight excluding hydrogens is 448 g/mol. The lowest BCUT2D eigenvalue weighted by molar-refractivity contribution is -0.163. The first-order valence-corrected chi connectivity index (χ1v) is 10.0. The van der Waals surface area contributed by atoms with Crippen molar-refractivity contribution < 1.29 is 19.4 Å². The minimum Gasteiger partial charge on any atom is -0.438 e. The number of cyclic esters (lactones) is 1. The third-order valence-corrected chi connectivity index (χ3v) is 5.95. The van der Waals surface area contributed by atoms with E-state index in [9.17, 15) is 14.7 Å². The van der Waals surface area contributed by atoms with Crippen molar-refractivity contribution in [3.8, 4) is 0 Å². The molecule has 0 bridgehead atoms. The van der Waals surface area contributed by atoms with Gasteiger partial charge >= 0.3 is 6.09 Å². The predicted octanol–water partition coefficient (Wildman–Crippen LogP) is 4.09. The summed E-state index contributed by atoms with van der Waals surface area (Å²) in [5.74, 6) is -0.617. The van der Waals surface area contributed by atoms with Crippen LogP contribution in [0.25, 0.3) is 0 Å². The molecule has 1 N–H and O–H groups in total. The van der Waals surface area contributed by atoms with E-state index in [1.54, 1.807) is 31.3 Å². The molecule has 8 heteroatoms. The molecule has 1 heterocycles. The predicted molar refractivity (Wildman–Crippen MR) is 109 cm³/mol. The van der Waals surface area contributed by atoms with Gasteiger partial charge in [0.1, 0.15) is 17.0 Å². The number of aliphatic hydroxyl groups is 1. The summed E-state index contributed by atoms with van der Waals surface area (Å²) in [5, 5.41) is 13.5. The van der Waals surface area contributed by atoms with Gasteiger partial charge in [0.15, 0.2) is 0 Å². The average Bonchev–Trinajstić information content (AvgIpc) is 2.70. The second-order valence-corrected chi connectivity index (χ2v) is 8.00. The van der Waals surface area contributed by atoms with Gasteiger partial charge < -0.3 is 9.84 Å². The smallest absolute Gasteiger partial charge is 0.432 e. The molecule has 3 rings (SSSR count). The molecule has 1 aliphatic rings. The van der Waals surface area contributed by atoms with Crippen molar-refractivity contribution in [2.75, 3.05) is 7.05 Å². The van der Waals surface area contributed by atoms with E-state index in [-0.39, 0.29) is 6.04 Å². The van der Waals surface area contributed by atoms with Crippen LogP contribution in [-0.2, 0) is 9.53 Å². The van der Waals surface area contributed by atoms with E-state index >= 15 is 0 Å². The minimum absolute atomic E-state index is 0.281. The number of likely N-dealkylation sites (N-methyl/N-ethyl adjacent to an activating group) is 1. The first kappa shape index (κ1) is 20.8. The van der Waals surface area contributed by atoms with Gasteiger partial charge in [0.25, 0.3) is 5.91 Å². The third-order valence-electron chi connectivity index (χ3n) is 4.81. The number of aliphatic hydroxyl groups excluding tert-OH is 1. The lowest BCUT2D eigenvalue weighted by atomic mass is 10.0. The molecule has 0 aliphatic carbocycles. The monoisotopic (exact) mass is 466 g/mol. The molecule has 4 atom stereocenters. The van der Waals surface area contributed by atoms with Crippen molar-refractivity contribution in [2.45, 2.75) is 30.0 Å². The van der Waals surface area contributed by atoms with Crippen LogP contribution >= 0.6 is 27.5 Å². The number of carbonyl (C=O) groups is 2. The summed E-state index contributed by atoms with van der Waals surface area (Å²) < 4.78 is 5.54. The minimum atomic E-state index is -1.16. The number of rotatable bonds is 4. The van der Waals surface area contributed by atoms with Crippen LogP contribution in [0.2, 0.25) is 5.02 Å². The van der Waals surface area contributed by atoms with E-state index in [1.807, 2.05) is 37.3 Å². The number of carbonyl (C=O) groups excluding carboxylic acids is 2. The maximum atomic E-state index is 12.9. The first-order valence-electron chi connectivity index (χ1n) is 8.71. The topological polar surface area (TPSA) is 70.1 Å². The second kappa shape index (κ2) is 8.61. The highest BCUT2D eigenvalue weighted by atomic mass is 79.9. The number of hydrogen-bond donors (Lipinski definition) is 1. The molecule has 1 fully saturated rings. The Morgan fingerprint density at radius 3 is 2.39 bits per heavy atom. The lowest BCUT2D eigenvalue weighted by Gasteiger charge is -2.43. The largest absolute Gasteiger partial charge is 0.438 e. The highest BCUT2D eigenvalue weighted by Crippen LogP contribution is 2.33. The van der Waals surface area contributed by atoms with E-state index in [0.29, 0.717) is 10.6 Å². The van der Waals surface area contributed by atoms with E-state index in [4.69, 9.17) is 16.3 Å². The van der Waals surface area contributed by atoms with E-state index < -0.39 is 29.0 Å². The van der Waals surface area contributed by atoms with Crippen LogP contribution in [0.4, 0.5) is 4.79 Å². The molecular formula is C20H20BrClN2O4. The summed E-state index contributed by atoms with van der Waals surface area (Å²) in [6, 6.07) is 15.6. The molecule has 2 amide bonds. The highest BCUT2D eigenvalue weighted by molar-refractivity contribution is 9.10. The summed E-state index contributed by atoms with van der Waals surface area (Å²) in [7, 11) is 1.65. The van der Waals surface area contributed by atoms with Crippen LogP contribution in [0.5, 0.6) is 0 Å². The number of halogens is 2. The first-order chi connectivity index (χ1) is 13.3. The lowest BCUT2D eigenvalue weighted by Crippen LogP contribution is -2.60. The zero-order chi connectivity index (χ0) is 20.4. The van der Waals surface area contributed by atoms with Crippen molar-refractivity contribution in [3.63, 3.8) is 0 Å². The Morgan fingerprint density at radius 2 is 1.79 bits per heavy atom. The summed E-state index contributed by atoms with van der Waals surface area (Å²) in [6.45, 7) is 1.86. The SMILES string of the molecule is C[C@H]1[C@@H](c2ccccc2)OC(=O)N(C(=O)[C@@H](Br)[C@H](O)c2ccc(Cl)cc2)N1C. The van der Waals surface area contributed by atoms with Crippen molar-refractivity contribution in [3.05, 3.63) is 70.7 Å². The summed E-state index contributed by atoms with van der Waals surface area (Å²) in [6.07, 6.45) is -2.45. The third kappa shape index (κ3) is 4.07. The van der Waals surface area contributed by atoms with Gasteiger partial charge in [0.2, 0.25) is 0 Å². The van der Waals surface area contributed by atoms with Crippen LogP contribution < -0.4 is 0 Å². The number of benzene rings is 2. The fourth-order valence-corrected chi connectivity index (χ4v) is 3.70. The number of hydrogen-bond acceptors (Lipinski definition) is 5. The van der Waals surface area contributed by atoms with Crippen LogP contribution in [0.1, 0.15) is 30.3 Å². The van der Waals surface area contributed by atoms with Gasteiger partial charge in [-0.25, -0.2) is 9.80 Å². The Bertz CT molecular complexity index is 849. The molecule has 0 saturated carbocycles. The Morgan fingerprint density at radius 1 is 1.18 bits per heavy atom. The van der Waals surface area contributed by atoms with Crippen LogP contribution in [0.15, 0.2) is 54.6 Å². The summed E-state index contributed by atoms with van der Waals surface area (Å²) in [4.78, 5) is 24.5. The molecule has 1 saturated heterocycles. The fraction of sp³-hybridized carbons (Fsp3) is 0.300. The Kier molecular flexibility index (Phi) is 6.40. The van der Waals surface area contributed by atoms with Gasteiger partial charge in [-0.2, -0.15) is 5.01 Å². The second-order valence-electron chi connectivity index (χ2n) is 6.58. The molecule has 2 aromatic rings. The average molecular weight is 468 g/mol. The molecule has 0 aromatic heterocycles. The van der Waals surface area contributed by atoms with Gasteiger partial charge in [-0.3, -0.25) is 4.79 Å². The maximum absolute atomic E-state index is 12.9. The molecule has 6 nitrogen and oxygen atoms in total. The molecule has 148 valence electrons. The zero-order valence-corrected chi connectivity index (χ0v) is 17.7. The number of ether oxygens (including phenoxy) is 1. The van der Waals surface area contributed by atoms with Crippen molar-refractivity contribution in [1.82, 2.24) is 10.0 Å². The fourth-order valence-electron chi connectivity index (χ4n) is 3.08. The molecule has 1 aliphatic heterocycles. The number of nitrogens with zero attached hydrogens (tertiary/aromatic N) is 2. The summed E-state index contributed by atoms with van der Waals surface area (Å²) in [5.41, 5.74) is 1.35. The molecule has 28 heavy (non-hydrogen) atoms. The maximum Gasteiger partial charge on any atom is 0.432 e. The van der Waals surface area contributed by atoms with Crippen molar-refractivity contribution in [1.29, 1.82) is 0 Å². The number of imide groups is 1. The Balaban J connectivity index is 1.78. The normalized spacial score (nSPS) is 22.5. The van der Waals surface area contributed by atoms with Gasteiger partial charge in [-0.05, 0) is 30.2 Å². The van der Waals surface area contributed by atoms with Gasteiger partial charge in [0, 0.05) is 12.1 Å². The number of alkyl halides is 1. The summed E-state index contributed by atoms with van der Waals surface area (Å²) >= 11 is 9.09. The number of hydrazine groups is 1. The molecule has 0 radical (unpaired) electrons. The molecule has 2 aromatic carbocycles. The quantitative estimate of drug-likeness (QED) is 0.686. The van der Waals surface area contributed by atoms with Crippen LogP contribution in [-0.4, -0.2) is 45.0 Å². The van der Waals surface area contributed by atoms with Crippen LogP contribution in [0.3, 0.4) is 0 Å². The zero-order valence-electron chi connectivity index (χ0n) is 15.3. The Labute approximate surface area is 176 Å².